The molecule has 0 aliphatic carbocycles. The zero-order valence-electron chi connectivity index (χ0n) is 25.3. The van der Waals surface area contributed by atoms with Crippen LogP contribution in [0.1, 0.15) is 0 Å². The Morgan fingerprint density at radius 2 is 0.652 bits per heavy atom. The Kier molecular flexibility index (Phi) is 6.25. The number of rotatable bonds is 4. The molecule has 0 aliphatic rings. The van der Waals surface area contributed by atoms with E-state index >= 15 is 0 Å². The Morgan fingerprint density at radius 3 is 1.37 bits per heavy atom. The predicted octanol–water partition coefficient (Wildman–Crippen LogP) is 13.0. The van der Waals surface area contributed by atoms with Crippen LogP contribution in [-0.2, 0) is 0 Å². The summed E-state index contributed by atoms with van der Waals surface area (Å²) in [4.78, 5) is 0. The van der Waals surface area contributed by atoms with Crippen LogP contribution in [0.4, 0.5) is 0 Å². The van der Waals surface area contributed by atoms with E-state index in [1.54, 1.807) is 0 Å². The molecule has 214 valence electrons. The molecule has 0 N–H and O–H groups in total. The van der Waals surface area contributed by atoms with Crippen LogP contribution >= 0.6 is 0 Å². The van der Waals surface area contributed by atoms with Crippen molar-refractivity contribution in [2.75, 3.05) is 0 Å². The second-order valence-corrected chi connectivity index (χ2v) is 12.0. The third-order valence-corrected chi connectivity index (χ3v) is 9.47. The van der Waals surface area contributed by atoms with Crippen molar-refractivity contribution in [3.8, 4) is 44.5 Å². The molecule has 0 nitrogen and oxygen atoms in total. The van der Waals surface area contributed by atoms with Gasteiger partial charge < -0.3 is 0 Å². The zero-order chi connectivity index (χ0) is 30.5. The predicted molar refractivity (Wildman–Crippen MR) is 198 cm³/mol. The van der Waals surface area contributed by atoms with Crippen molar-refractivity contribution in [2.45, 2.75) is 0 Å². The first-order chi connectivity index (χ1) is 22.9. The van der Waals surface area contributed by atoms with Gasteiger partial charge in [0, 0.05) is 0 Å². The maximum Gasteiger partial charge on any atom is -0.00137 e. The van der Waals surface area contributed by atoms with Gasteiger partial charge in [0.1, 0.15) is 0 Å². The average Bonchev–Trinajstić information content (AvgIpc) is 3.13. The van der Waals surface area contributed by atoms with Gasteiger partial charge in [-0.05, 0) is 87.6 Å². The Balaban J connectivity index is 1.52. The second-order valence-electron chi connectivity index (χ2n) is 12.0. The highest BCUT2D eigenvalue weighted by molar-refractivity contribution is 6.27. The van der Waals surface area contributed by atoms with Crippen molar-refractivity contribution in [2.24, 2.45) is 0 Å². The second kappa shape index (κ2) is 10.9. The van der Waals surface area contributed by atoms with Gasteiger partial charge in [-0.1, -0.05) is 182 Å². The molecule has 0 saturated heterocycles. The van der Waals surface area contributed by atoms with E-state index in [-0.39, 0.29) is 0 Å². The van der Waals surface area contributed by atoms with Crippen molar-refractivity contribution in [3.63, 3.8) is 0 Å². The molecule has 0 unspecified atom stereocenters. The summed E-state index contributed by atoms with van der Waals surface area (Å²) in [6, 6.07) is 66.6. The fourth-order valence-electron chi connectivity index (χ4n) is 7.50. The van der Waals surface area contributed by atoms with Crippen molar-refractivity contribution in [3.05, 3.63) is 182 Å². The summed E-state index contributed by atoms with van der Waals surface area (Å²) in [5.74, 6) is 0. The van der Waals surface area contributed by atoms with Crippen LogP contribution in [0, 0.1) is 0 Å². The largest absolute Gasteiger partial charge is 0.0622 e. The van der Waals surface area contributed by atoms with E-state index in [1.165, 1.54) is 87.6 Å². The molecular formula is C46H30. The summed E-state index contributed by atoms with van der Waals surface area (Å²) >= 11 is 0. The Labute approximate surface area is 268 Å². The zero-order valence-corrected chi connectivity index (χ0v) is 25.3. The average molecular weight is 583 g/mol. The van der Waals surface area contributed by atoms with Crippen molar-refractivity contribution < 1.29 is 0 Å². The maximum atomic E-state index is 2.34. The Morgan fingerprint density at radius 1 is 0.217 bits per heavy atom. The first-order valence-corrected chi connectivity index (χ1v) is 16.0. The fourth-order valence-corrected chi connectivity index (χ4v) is 7.50. The molecule has 0 saturated carbocycles. The highest BCUT2D eigenvalue weighted by Gasteiger charge is 2.22. The fraction of sp³-hybridized carbons (Fsp3) is 0. The summed E-state index contributed by atoms with van der Waals surface area (Å²) in [5.41, 5.74) is 10.0. The van der Waals surface area contributed by atoms with Gasteiger partial charge >= 0.3 is 0 Å². The van der Waals surface area contributed by atoms with Crippen LogP contribution in [0.25, 0.3) is 87.6 Å². The van der Waals surface area contributed by atoms with E-state index in [0.717, 1.165) is 0 Å². The minimum Gasteiger partial charge on any atom is -0.0622 e. The SMILES string of the molecule is c1ccc(-c2ccccc2-c2c3ccccc3c(-c3cccc4ccccc34)c3cccc(-c4cccc5ccccc45)c23)cc1. The maximum absolute atomic E-state index is 2.34. The van der Waals surface area contributed by atoms with E-state index < -0.39 is 0 Å². The molecule has 0 heteroatoms. The smallest absolute Gasteiger partial charge is 0.00137 e. The van der Waals surface area contributed by atoms with Gasteiger partial charge in [-0.3, -0.25) is 0 Å². The molecule has 0 atom stereocenters. The van der Waals surface area contributed by atoms with Gasteiger partial charge in [-0.15, -0.1) is 0 Å². The normalized spacial score (nSPS) is 11.5. The van der Waals surface area contributed by atoms with Gasteiger partial charge in [0.05, 0.1) is 0 Å². The first-order valence-electron chi connectivity index (χ1n) is 16.0. The number of fused-ring (bicyclic) bond motifs is 4. The molecule has 0 bridgehead atoms. The van der Waals surface area contributed by atoms with Crippen LogP contribution in [0.3, 0.4) is 0 Å². The lowest BCUT2D eigenvalue weighted by molar-refractivity contribution is 1.60. The van der Waals surface area contributed by atoms with Gasteiger partial charge in [0.25, 0.3) is 0 Å². The summed E-state index contributed by atoms with van der Waals surface area (Å²) in [5, 5.41) is 10.1. The summed E-state index contributed by atoms with van der Waals surface area (Å²) in [6.45, 7) is 0. The topological polar surface area (TPSA) is 0 Å². The summed E-state index contributed by atoms with van der Waals surface area (Å²) in [6.07, 6.45) is 0. The molecule has 0 aromatic heterocycles. The van der Waals surface area contributed by atoms with E-state index in [2.05, 4.69) is 182 Å². The van der Waals surface area contributed by atoms with Crippen LogP contribution in [-0.4, -0.2) is 0 Å². The molecular weight excluding hydrogens is 553 g/mol. The third-order valence-electron chi connectivity index (χ3n) is 9.47. The number of benzene rings is 9. The molecule has 0 fully saturated rings. The summed E-state index contributed by atoms with van der Waals surface area (Å²) < 4.78 is 0. The van der Waals surface area contributed by atoms with Crippen LogP contribution in [0.5, 0.6) is 0 Å². The Bertz CT molecular complexity index is 2560. The highest BCUT2D eigenvalue weighted by Crippen LogP contribution is 2.50. The van der Waals surface area contributed by atoms with Crippen molar-refractivity contribution >= 4 is 43.1 Å². The molecule has 0 heterocycles. The van der Waals surface area contributed by atoms with E-state index in [9.17, 15) is 0 Å². The molecule has 9 aromatic rings. The number of hydrogen-bond donors (Lipinski definition) is 0. The van der Waals surface area contributed by atoms with E-state index in [1.807, 2.05) is 0 Å². The standard InChI is InChI=1S/C46H30/c1-2-15-31(16-3-1)36-23-8-9-24-39(36)45-42-26-11-10-25-41(42)44(38-28-13-20-33-18-5-7-22-35(33)38)43-30-14-29-40(46(43)45)37-27-12-19-32-17-4-6-21-34(32)37/h1-30H. The van der Waals surface area contributed by atoms with Crippen LogP contribution < -0.4 is 0 Å². The first kappa shape index (κ1) is 26.4. The van der Waals surface area contributed by atoms with Gasteiger partial charge in [-0.25, -0.2) is 0 Å². The molecule has 9 rings (SSSR count). The van der Waals surface area contributed by atoms with Crippen molar-refractivity contribution in [1.29, 1.82) is 0 Å². The molecule has 46 heavy (non-hydrogen) atoms. The quantitative estimate of drug-likeness (QED) is 0.181. The van der Waals surface area contributed by atoms with Crippen LogP contribution in [0.15, 0.2) is 182 Å². The lowest BCUT2D eigenvalue weighted by Crippen LogP contribution is -1.95. The minimum atomic E-state index is 1.22. The molecule has 0 radical (unpaired) electrons. The lowest BCUT2D eigenvalue weighted by Gasteiger charge is -2.23. The van der Waals surface area contributed by atoms with Crippen molar-refractivity contribution in [1.82, 2.24) is 0 Å². The highest BCUT2D eigenvalue weighted by atomic mass is 14.2. The van der Waals surface area contributed by atoms with Gasteiger partial charge in [-0.2, -0.15) is 0 Å². The molecule has 0 amide bonds. The third kappa shape index (κ3) is 4.15. The van der Waals surface area contributed by atoms with Gasteiger partial charge in [0.2, 0.25) is 0 Å². The Hall–Kier alpha value is -5.98. The number of hydrogen-bond acceptors (Lipinski definition) is 0. The van der Waals surface area contributed by atoms with Gasteiger partial charge in [0.15, 0.2) is 0 Å². The van der Waals surface area contributed by atoms with Crippen LogP contribution in [0.2, 0.25) is 0 Å². The minimum absolute atomic E-state index is 1.22. The lowest BCUT2D eigenvalue weighted by atomic mass is 9.80. The monoisotopic (exact) mass is 582 g/mol. The molecule has 0 spiro atoms. The summed E-state index contributed by atoms with van der Waals surface area (Å²) in [7, 11) is 0. The molecule has 9 aromatic carbocycles. The van der Waals surface area contributed by atoms with E-state index in [4.69, 9.17) is 0 Å². The molecule has 0 aliphatic heterocycles. The van der Waals surface area contributed by atoms with E-state index in [0.29, 0.717) is 0 Å².